The van der Waals surface area contributed by atoms with Gasteiger partial charge in [-0.15, -0.1) is 0 Å². The van der Waals surface area contributed by atoms with Crippen LogP contribution in [0.4, 0.5) is 4.79 Å². The second kappa shape index (κ2) is 13.8. The van der Waals surface area contributed by atoms with Crippen LogP contribution in [0.15, 0.2) is 13.6 Å². The van der Waals surface area contributed by atoms with Crippen molar-refractivity contribution in [2.45, 2.75) is 122 Å². The molecule has 12 nitrogen and oxygen atoms in total. The number of carbonyl (C=O) groups excluding carboxylic acids is 2. The SMILES string of the molecule is CCCCC1CC(C(=O)NC(C(C)C)C2OC(CCC)C(O)C(O)C2O)N(C(=O)OCc2oc(=O)oc2C)C1. The minimum Gasteiger partial charge on any atom is -0.441 e. The molecule has 8 unspecified atom stereocenters. The maximum atomic E-state index is 13.6. The Kier molecular flexibility index (Phi) is 11.0. The third kappa shape index (κ3) is 7.41. The largest absolute Gasteiger partial charge is 0.519 e. The number of rotatable bonds is 11. The molecule has 0 saturated carbocycles. The van der Waals surface area contributed by atoms with Gasteiger partial charge < -0.3 is 38.9 Å². The van der Waals surface area contributed by atoms with E-state index in [4.69, 9.17) is 18.3 Å². The van der Waals surface area contributed by atoms with E-state index in [2.05, 4.69) is 12.2 Å². The van der Waals surface area contributed by atoms with Crippen LogP contribution in [0.3, 0.4) is 0 Å². The highest BCUT2D eigenvalue weighted by Crippen LogP contribution is 2.31. The molecular formula is C27H44N2O10. The summed E-state index contributed by atoms with van der Waals surface area (Å²) in [5.74, 6) is -1.09. The van der Waals surface area contributed by atoms with E-state index in [-0.39, 0.29) is 30.0 Å². The number of aliphatic hydroxyl groups excluding tert-OH is 3. The Morgan fingerprint density at radius 1 is 1.08 bits per heavy atom. The van der Waals surface area contributed by atoms with Gasteiger partial charge in [0.1, 0.15) is 30.5 Å². The third-order valence-electron chi connectivity index (χ3n) is 7.76. The van der Waals surface area contributed by atoms with Crippen molar-refractivity contribution < 1.29 is 43.2 Å². The maximum Gasteiger partial charge on any atom is 0.519 e. The highest BCUT2D eigenvalue weighted by atomic mass is 16.6. The standard InChI is InChI=1S/C27H44N2O10/c1-6-8-10-16-11-17(29(12-16)26(34)36-13-19-15(5)37-27(35)39-19)25(33)28-20(14(3)4)24-23(32)22(31)21(30)18(38-24)9-7-2/h14,16-18,20-24,30-32H,6-13H2,1-5H3,(H,28,33). The zero-order chi connectivity index (χ0) is 28.9. The zero-order valence-corrected chi connectivity index (χ0v) is 23.5. The monoisotopic (exact) mass is 556 g/mol. The van der Waals surface area contributed by atoms with Crippen LogP contribution in [-0.2, 0) is 20.9 Å². The number of carbonyl (C=O) groups is 2. The van der Waals surface area contributed by atoms with E-state index in [0.717, 1.165) is 19.3 Å². The Balaban J connectivity index is 1.76. The van der Waals surface area contributed by atoms with Crippen molar-refractivity contribution in [3.05, 3.63) is 22.1 Å². The van der Waals surface area contributed by atoms with Gasteiger partial charge in [0.25, 0.3) is 0 Å². The predicted molar refractivity (Wildman–Crippen MR) is 139 cm³/mol. The first-order valence-electron chi connectivity index (χ1n) is 14.0. The second-order valence-corrected chi connectivity index (χ2v) is 11.1. The Morgan fingerprint density at radius 3 is 2.38 bits per heavy atom. The molecule has 8 atom stereocenters. The number of unbranched alkanes of at least 4 members (excludes halogenated alkanes) is 1. The number of hydrogen-bond acceptors (Lipinski definition) is 10. The molecule has 4 N–H and O–H groups in total. The van der Waals surface area contributed by atoms with Gasteiger partial charge in [-0.25, -0.2) is 9.59 Å². The molecule has 0 radical (unpaired) electrons. The van der Waals surface area contributed by atoms with Gasteiger partial charge in [-0.05, 0) is 38.0 Å². The minimum atomic E-state index is -1.42. The first kappa shape index (κ1) is 31.1. The lowest BCUT2D eigenvalue weighted by Gasteiger charge is -2.45. The summed E-state index contributed by atoms with van der Waals surface area (Å²) in [7, 11) is 0. The number of ether oxygens (including phenoxy) is 2. The topological polar surface area (TPSA) is 172 Å². The quantitative estimate of drug-likeness (QED) is 0.315. The molecule has 0 bridgehead atoms. The van der Waals surface area contributed by atoms with Crippen molar-refractivity contribution in [2.24, 2.45) is 11.8 Å². The molecule has 12 heteroatoms. The number of aliphatic hydroxyl groups is 3. The highest BCUT2D eigenvalue weighted by molar-refractivity contribution is 5.86. The zero-order valence-electron chi connectivity index (χ0n) is 23.5. The van der Waals surface area contributed by atoms with Crippen LogP contribution in [0, 0.1) is 18.8 Å². The van der Waals surface area contributed by atoms with Crippen molar-refractivity contribution >= 4 is 12.0 Å². The van der Waals surface area contributed by atoms with Crippen LogP contribution in [0.2, 0.25) is 0 Å². The molecule has 2 amide bonds. The molecule has 39 heavy (non-hydrogen) atoms. The number of nitrogens with one attached hydrogen (secondary N) is 1. The second-order valence-electron chi connectivity index (χ2n) is 11.1. The number of hydrogen-bond donors (Lipinski definition) is 4. The fourth-order valence-corrected chi connectivity index (χ4v) is 5.48. The summed E-state index contributed by atoms with van der Waals surface area (Å²) in [5.41, 5.74) is 0. The number of likely N-dealkylation sites (tertiary alicyclic amines) is 1. The fourth-order valence-electron chi connectivity index (χ4n) is 5.48. The van der Waals surface area contributed by atoms with Gasteiger partial charge in [0.05, 0.1) is 12.1 Å². The van der Waals surface area contributed by atoms with E-state index in [1.54, 1.807) is 0 Å². The average molecular weight is 557 g/mol. The van der Waals surface area contributed by atoms with E-state index < -0.39 is 60.4 Å². The van der Waals surface area contributed by atoms with Crippen molar-refractivity contribution in [1.82, 2.24) is 10.2 Å². The number of amides is 2. The molecule has 2 fully saturated rings. The Hall–Kier alpha value is -2.41. The first-order valence-corrected chi connectivity index (χ1v) is 14.0. The predicted octanol–water partition coefficient (Wildman–Crippen LogP) is 1.85. The van der Waals surface area contributed by atoms with Crippen LogP contribution in [0.25, 0.3) is 0 Å². The Labute approximate surface area is 228 Å². The van der Waals surface area contributed by atoms with E-state index in [9.17, 15) is 29.7 Å². The Bertz CT molecular complexity index is 1010. The van der Waals surface area contributed by atoms with Crippen LogP contribution < -0.4 is 11.1 Å². The summed E-state index contributed by atoms with van der Waals surface area (Å²) in [6.07, 6.45) is -1.98. The first-order chi connectivity index (χ1) is 18.5. The summed E-state index contributed by atoms with van der Waals surface area (Å²) >= 11 is 0. The summed E-state index contributed by atoms with van der Waals surface area (Å²) < 4.78 is 21.1. The molecule has 1 aromatic rings. The van der Waals surface area contributed by atoms with Crippen LogP contribution in [0.1, 0.15) is 77.7 Å². The lowest BCUT2D eigenvalue weighted by atomic mass is 9.85. The van der Waals surface area contributed by atoms with Crippen LogP contribution >= 0.6 is 0 Å². The van der Waals surface area contributed by atoms with Gasteiger partial charge in [-0.1, -0.05) is 47.0 Å². The van der Waals surface area contributed by atoms with Crippen molar-refractivity contribution in [2.75, 3.05) is 6.54 Å². The van der Waals surface area contributed by atoms with E-state index >= 15 is 0 Å². The molecule has 0 spiro atoms. The molecule has 3 heterocycles. The normalized spacial score (nSPS) is 30.0. The average Bonchev–Trinajstić information content (AvgIpc) is 3.47. The van der Waals surface area contributed by atoms with Crippen molar-refractivity contribution in [3.63, 3.8) is 0 Å². The Morgan fingerprint density at radius 2 is 1.79 bits per heavy atom. The van der Waals surface area contributed by atoms with Gasteiger partial charge in [0.15, 0.2) is 18.1 Å². The molecule has 222 valence electrons. The summed E-state index contributed by atoms with van der Waals surface area (Å²) in [5, 5.41) is 34.6. The lowest BCUT2D eigenvalue weighted by molar-refractivity contribution is -0.232. The van der Waals surface area contributed by atoms with E-state index in [1.807, 2.05) is 20.8 Å². The van der Waals surface area contributed by atoms with Gasteiger partial charge in [0.2, 0.25) is 5.91 Å². The number of aryl methyl sites for hydroxylation is 1. The molecule has 3 rings (SSSR count). The third-order valence-corrected chi connectivity index (χ3v) is 7.76. The van der Waals surface area contributed by atoms with Crippen molar-refractivity contribution in [3.8, 4) is 0 Å². The van der Waals surface area contributed by atoms with Crippen molar-refractivity contribution in [1.29, 1.82) is 0 Å². The molecule has 0 aromatic carbocycles. The molecule has 2 aliphatic heterocycles. The van der Waals surface area contributed by atoms with E-state index in [1.165, 1.54) is 11.8 Å². The molecule has 2 aliphatic rings. The minimum absolute atomic E-state index is 0.0989. The summed E-state index contributed by atoms with van der Waals surface area (Å²) in [4.78, 5) is 39.4. The smallest absolute Gasteiger partial charge is 0.441 e. The van der Waals surface area contributed by atoms with Crippen LogP contribution in [0.5, 0.6) is 0 Å². The molecule has 0 aliphatic carbocycles. The maximum absolute atomic E-state index is 13.6. The highest BCUT2D eigenvalue weighted by Gasteiger charge is 2.48. The molecular weight excluding hydrogens is 512 g/mol. The summed E-state index contributed by atoms with van der Waals surface area (Å²) in [6, 6.07) is -1.51. The lowest BCUT2D eigenvalue weighted by Crippen LogP contribution is -2.65. The molecule has 1 aromatic heterocycles. The van der Waals surface area contributed by atoms with Crippen LogP contribution in [-0.4, -0.2) is 81.4 Å². The van der Waals surface area contributed by atoms with Gasteiger partial charge in [-0.2, -0.15) is 0 Å². The molecule has 2 saturated heterocycles. The van der Waals surface area contributed by atoms with Gasteiger partial charge in [-0.3, -0.25) is 9.69 Å². The summed E-state index contributed by atoms with van der Waals surface area (Å²) in [6.45, 7) is 9.27. The van der Waals surface area contributed by atoms with E-state index in [0.29, 0.717) is 25.8 Å². The number of nitrogens with zero attached hydrogens (tertiary/aromatic N) is 1. The fraction of sp³-hybridized carbons (Fsp3) is 0.815. The van der Waals surface area contributed by atoms with Gasteiger partial charge in [0, 0.05) is 6.54 Å². The van der Waals surface area contributed by atoms with Gasteiger partial charge >= 0.3 is 11.9 Å².